The molecule has 6 atom stereocenters. The number of hydrogen-bond acceptors (Lipinski definition) is 11. The molecule has 2 aliphatic carbocycles. The smallest absolute Gasteiger partial charge is 0.243 e. The van der Waals surface area contributed by atoms with E-state index in [1.165, 1.54) is 23.4 Å². The summed E-state index contributed by atoms with van der Waals surface area (Å²) in [5.41, 5.74) is 2.55. The number of aliphatic hydroxyl groups excluding tert-OH is 2. The zero-order chi connectivity index (χ0) is 45.4. The zero-order valence-corrected chi connectivity index (χ0v) is 37.9. The maximum atomic E-state index is 15.2. The van der Waals surface area contributed by atoms with Crippen molar-refractivity contribution >= 4 is 33.6 Å². The molecule has 1 heterocycles. The first-order valence-electron chi connectivity index (χ1n) is 22.1. The number of carbonyl (C=O) groups excluding carboxylic acids is 2. The highest BCUT2D eigenvalue weighted by Crippen LogP contribution is 2.62. The van der Waals surface area contributed by atoms with Crippen molar-refractivity contribution in [2.24, 2.45) is 22.9 Å². The van der Waals surface area contributed by atoms with Gasteiger partial charge in [0.25, 0.3) is 0 Å². The van der Waals surface area contributed by atoms with E-state index in [1.807, 2.05) is 39.8 Å². The van der Waals surface area contributed by atoms with Gasteiger partial charge < -0.3 is 34.6 Å². The highest BCUT2D eigenvalue weighted by molar-refractivity contribution is 7.89. The van der Waals surface area contributed by atoms with Gasteiger partial charge in [0.2, 0.25) is 21.7 Å². The summed E-state index contributed by atoms with van der Waals surface area (Å²) in [6, 6.07) is 17.7. The van der Waals surface area contributed by atoms with Gasteiger partial charge in [-0.2, -0.15) is 4.31 Å². The van der Waals surface area contributed by atoms with Gasteiger partial charge in [-0.05, 0) is 125 Å². The maximum Gasteiger partial charge on any atom is 0.243 e. The predicted octanol–water partition coefficient (Wildman–Crippen LogP) is 8.78. The van der Waals surface area contributed by atoms with Crippen LogP contribution in [0, 0.1) is 17.8 Å². The molecule has 1 aliphatic heterocycles. The van der Waals surface area contributed by atoms with Gasteiger partial charge in [-0.15, -0.1) is 6.58 Å². The lowest BCUT2D eigenvalue weighted by Crippen LogP contribution is -2.70. The molecule has 0 bridgehead atoms. The van der Waals surface area contributed by atoms with E-state index in [-0.39, 0.29) is 61.3 Å². The summed E-state index contributed by atoms with van der Waals surface area (Å²) in [6.45, 7) is 13.3. The third kappa shape index (κ3) is 10.7. The van der Waals surface area contributed by atoms with Gasteiger partial charge >= 0.3 is 0 Å². The van der Waals surface area contributed by atoms with Crippen LogP contribution in [-0.4, -0.2) is 84.6 Å². The van der Waals surface area contributed by atoms with E-state index in [2.05, 4.69) is 18.0 Å². The molecule has 0 aromatic heterocycles. The van der Waals surface area contributed by atoms with Crippen molar-refractivity contribution < 1.29 is 47.3 Å². The SMILES string of the molecule is C=CCOC12Oc3ccc(Oc4cccc(C=O)c4)cc3C3C(CCCCO)C(CCCCO)C=C(C(=NOC(C)(C)C)CC1N(CCC)S(=O)(=O)c1ccc(NC(C)=O)cc1)C32. The van der Waals surface area contributed by atoms with Crippen LogP contribution in [0.15, 0.2) is 101 Å². The largest absolute Gasteiger partial charge is 0.460 e. The number of sulfonamides is 1. The Bertz CT molecular complexity index is 2250. The molecule has 6 rings (SSSR count). The number of oxime groups is 1. The Kier molecular flexibility index (Phi) is 15.7. The molecule has 14 heteroatoms. The van der Waals surface area contributed by atoms with E-state index < -0.39 is 33.4 Å². The van der Waals surface area contributed by atoms with Gasteiger partial charge in [-0.3, -0.25) is 9.59 Å². The van der Waals surface area contributed by atoms with E-state index in [4.69, 9.17) is 24.2 Å². The van der Waals surface area contributed by atoms with Crippen molar-refractivity contribution in [1.29, 1.82) is 0 Å². The fourth-order valence-electron chi connectivity index (χ4n) is 9.38. The van der Waals surface area contributed by atoms with Crippen LogP contribution < -0.4 is 14.8 Å². The first kappa shape index (κ1) is 47.6. The number of nitrogens with one attached hydrogen (secondary N) is 1. The van der Waals surface area contributed by atoms with Crippen LogP contribution >= 0.6 is 0 Å². The average molecular weight is 886 g/mol. The van der Waals surface area contributed by atoms with Crippen LogP contribution in [0.1, 0.15) is 108 Å². The summed E-state index contributed by atoms with van der Waals surface area (Å²) in [7, 11) is -4.27. The van der Waals surface area contributed by atoms with Crippen molar-refractivity contribution in [3.63, 3.8) is 0 Å². The molecule has 0 saturated heterocycles. The molecular weight excluding hydrogens is 823 g/mol. The lowest BCUT2D eigenvalue weighted by Gasteiger charge is -2.59. The number of carbonyl (C=O) groups is 2. The number of fused-ring (bicyclic) bond motifs is 2. The second kappa shape index (κ2) is 20.8. The number of anilines is 1. The summed E-state index contributed by atoms with van der Waals surface area (Å²) in [6.07, 6.45) is 9.46. The summed E-state index contributed by atoms with van der Waals surface area (Å²) in [4.78, 5) is 29.8. The lowest BCUT2D eigenvalue weighted by molar-refractivity contribution is -0.251. The minimum atomic E-state index is -4.27. The Hall–Kier alpha value is -4.86. The second-order valence-corrected chi connectivity index (χ2v) is 19.5. The van der Waals surface area contributed by atoms with Crippen LogP contribution in [0.5, 0.6) is 17.2 Å². The van der Waals surface area contributed by atoms with Crippen molar-refractivity contribution in [3.05, 3.63) is 102 Å². The molecule has 6 unspecified atom stereocenters. The topological polar surface area (TPSA) is 173 Å². The van der Waals surface area contributed by atoms with Gasteiger partial charge in [0.1, 0.15) is 29.1 Å². The van der Waals surface area contributed by atoms with Crippen LogP contribution in [0.25, 0.3) is 0 Å². The summed E-state index contributed by atoms with van der Waals surface area (Å²) >= 11 is 0. The van der Waals surface area contributed by atoms with Crippen molar-refractivity contribution in [2.45, 2.75) is 114 Å². The number of rotatable bonds is 21. The van der Waals surface area contributed by atoms with E-state index in [0.717, 1.165) is 43.1 Å². The normalized spacial score (nSPS) is 23.5. The molecule has 1 amide bonds. The van der Waals surface area contributed by atoms with Crippen LogP contribution in [0.3, 0.4) is 0 Å². The molecule has 3 aromatic rings. The zero-order valence-electron chi connectivity index (χ0n) is 37.1. The van der Waals surface area contributed by atoms with E-state index in [9.17, 15) is 19.8 Å². The number of ether oxygens (including phenoxy) is 3. The highest BCUT2D eigenvalue weighted by Gasteiger charge is 2.66. The molecule has 1 saturated carbocycles. The first-order chi connectivity index (χ1) is 30.2. The standard InChI is InChI=1S/C49H63N3O10S/c1-7-24-52(63(57,58)39-21-18-36(19-22-39)50-33(3)56)45-31-43(51-62-48(4,5)6)41-29-35(15-9-11-25-53)40(17-10-12-26-54)46-42-30-38(60-37-16-13-14-34(28-37)32-55)20-23-44(42)61-49(45,47(41)46)59-27-8-2/h8,13-14,16,18-23,28-30,32,35,40,45-47,53-54H,2,7,9-12,15,17,24-27,31H2,1,3-6H3,(H,50,56). The molecule has 3 aliphatic rings. The number of aldehydes is 1. The first-order valence-corrected chi connectivity index (χ1v) is 23.5. The number of hydrogen-bond donors (Lipinski definition) is 3. The summed E-state index contributed by atoms with van der Waals surface area (Å²) < 4.78 is 52.6. The Morgan fingerprint density at radius 3 is 2.38 bits per heavy atom. The lowest BCUT2D eigenvalue weighted by atomic mass is 9.55. The fourth-order valence-corrected chi connectivity index (χ4v) is 11.1. The number of benzene rings is 3. The van der Waals surface area contributed by atoms with Crippen LogP contribution in [-0.2, 0) is 24.4 Å². The van der Waals surface area contributed by atoms with Gasteiger partial charge in [0, 0.05) is 55.8 Å². The average Bonchev–Trinajstić information content (AvgIpc) is 3.25. The third-order valence-corrected chi connectivity index (χ3v) is 13.8. The molecule has 13 nitrogen and oxygen atoms in total. The Balaban J connectivity index is 1.62. The van der Waals surface area contributed by atoms with Gasteiger partial charge in [0.05, 0.1) is 29.2 Å². The minimum Gasteiger partial charge on any atom is -0.460 e. The maximum absolute atomic E-state index is 15.2. The second-order valence-electron chi connectivity index (χ2n) is 17.6. The number of amides is 1. The minimum absolute atomic E-state index is 0.00242. The van der Waals surface area contributed by atoms with Crippen LogP contribution in [0.2, 0.25) is 0 Å². The summed E-state index contributed by atoms with van der Waals surface area (Å²) in [5, 5.41) is 27.5. The molecule has 3 aromatic carbocycles. The molecule has 0 spiro atoms. The van der Waals surface area contributed by atoms with E-state index in [1.54, 1.807) is 48.5 Å². The predicted molar refractivity (Wildman–Crippen MR) is 243 cm³/mol. The molecule has 63 heavy (non-hydrogen) atoms. The molecular formula is C49H63N3O10S. The Morgan fingerprint density at radius 2 is 1.73 bits per heavy atom. The molecule has 340 valence electrons. The number of nitrogens with zero attached hydrogens (tertiary/aromatic N) is 2. The van der Waals surface area contributed by atoms with Crippen molar-refractivity contribution in [2.75, 3.05) is 31.7 Å². The number of allylic oxidation sites excluding steroid dienone is 1. The van der Waals surface area contributed by atoms with Crippen molar-refractivity contribution in [1.82, 2.24) is 4.31 Å². The van der Waals surface area contributed by atoms with Crippen molar-refractivity contribution in [3.8, 4) is 17.2 Å². The quantitative estimate of drug-likeness (QED) is 0.0406. The Labute approximate surface area is 372 Å². The summed E-state index contributed by atoms with van der Waals surface area (Å²) in [5.74, 6) is -1.37. The van der Waals surface area contributed by atoms with Gasteiger partial charge in [-0.1, -0.05) is 49.2 Å². The molecule has 0 radical (unpaired) electrons. The monoisotopic (exact) mass is 885 g/mol. The highest BCUT2D eigenvalue weighted by atomic mass is 32.2. The third-order valence-electron chi connectivity index (χ3n) is 11.9. The van der Waals surface area contributed by atoms with E-state index >= 15 is 8.42 Å². The molecule has 3 N–H and O–H groups in total. The fraction of sp³-hybridized carbons (Fsp3) is 0.490. The number of aliphatic hydroxyl groups is 2. The van der Waals surface area contributed by atoms with Crippen LogP contribution in [0.4, 0.5) is 5.69 Å². The number of unbranched alkanes of at least 4 members (excludes halogenated alkanes) is 2. The van der Waals surface area contributed by atoms with Gasteiger partial charge in [-0.25, -0.2) is 8.42 Å². The molecule has 1 fully saturated rings. The van der Waals surface area contributed by atoms with Gasteiger partial charge in [0.15, 0.2) is 0 Å². The van der Waals surface area contributed by atoms with E-state index in [0.29, 0.717) is 53.5 Å². The Morgan fingerprint density at radius 1 is 1.02 bits per heavy atom.